The topological polar surface area (TPSA) is 30.5 Å². The fraction of sp³-hybridized carbons (Fsp3) is 0.538. The average molecular weight is 312 g/mol. The molecule has 0 bridgehead atoms. The molecule has 114 valence electrons. The second-order valence-electron chi connectivity index (χ2n) is 4.45. The van der Waals surface area contributed by atoms with Gasteiger partial charge in [-0.1, -0.05) is 6.07 Å². The van der Waals surface area contributed by atoms with Crippen LogP contribution >= 0.6 is 12.4 Å². The van der Waals surface area contributed by atoms with E-state index in [1.165, 1.54) is 12.1 Å². The lowest BCUT2D eigenvalue weighted by Gasteiger charge is -2.31. The molecule has 7 heteroatoms. The van der Waals surface area contributed by atoms with Gasteiger partial charge in [-0.25, -0.2) is 0 Å². The van der Waals surface area contributed by atoms with Gasteiger partial charge in [0.1, 0.15) is 18.0 Å². The van der Waals surface area contributed by atoms with E-state index in [-0.39, 0.29) is 30.4 Å². The number of hydrogen-bond donors (Lipinski definition) is 1. The van der Waals surface area contributed by atoms with Crippen molar-refractivity contribution < 1.29 is 22.6 Å². The maximum absolute atomic E-state index is 12.6. The maximum atomic E-state index is 12.6. The summed E-state index contributed by atoms with van der Waals surface area (Å²) in [6, 6.07) is 4.93. The number of methoxy groups -OCH3 is 1. The molecule has 0 aromatic heterocycles. The summed E-state index contributed by atoms with van der Waals surface area (Å²) in [6.07, 6.45) is -4.03. The summed E-state index contributed by atoms with van der Waals surface area (Å²) in [7, 11) is 1.57. The highest BCUT2D eigenvalue weighted by Gasteiger charge is 2.31. The number of piperidine rings is 1. The molecule has 0 aliphatic carbocycles. The lowest BCUT2D eigenvalue weighted by atomic mass is 10.1. The van der Waals surface area contributed by atoms with E-state index >= 15 is 0 Å². The van der Waals surface area contributed by atoms with Crippen LogP contribution in [0.2, 0.25) is 0 Å². The molecule has 1 aromatic rings. The van der Waals surface area contributed by atoms with Crippen molar-refractivity contribution in [3.63, 3.8) is 0 Å². The summed E-state index contributed by atoms with van der Waals surface area (Å²) in [5.41, 5.74) is -0.701. The van der Waals surface area contributed by atoms with Crippen molar-refractivity contribution in [3.05, 3.63) is 29.8 Å². The number of alkyl halides is 3. The molecule has 1 N–H and O–H groups in total. The van der Waals surface area contributed by atoms with E-state index < -0.39 is 11.7 Å². The lowest BCUT2D eigenvalue weighted by molar-refractivity contribution is -0.137. The third-order valence-corrected chi connectivity index (χ3v) is 3.12. The van der Waals surface area contributed by atoms with Crippen LogP contribution in [-0.2, 0) is 10.9 Å². The molecule has 0 saturated carbocycles. The Morgan fingerprint density at radius 2 is 2.00 bits per heavy atom. The summed E-state index contributed by atoms with van der Waals surface area (Å²) in [4.78, 5) is 0. The first-order chi connectivity index (χ1) is 9.00. The summed E-state index contributed by atoms with van der Waals surface area (Å²) < 4.78 is 48.7. The van der Waals surface area contributed by atoms with E-state index in [0.717, 1.165) is 18.7 Å². The highest BCUT2D eigenvalue weighted by molar-refractivity contribution is 5.85. The molecular formula is C13H17ClF3NO2. The van der Waals surface area contributed by atoms with Crippen LogP contribution in [0.4, 0.5) is 13.2 Å². The minimum atomic E-state index is -4.35. The average Bonchev–Trinajstić information content (AvgIpc) is 2.39. The summed E-state index contributed by atoms with van der Waals surface area (Å²) in [6.45, 7) is 1.41. The van der Waals surface area contributed by atoms with E-state index in [2.05, 4.69) is 5.32 Å². The van der Waals surface area contributed by atoms with Gasteiger partial charge < -0.3 is 14.8 Å². The first-order valence-corrected chi connectivity index (χ1v) is 6.08. The Hall–Kier alpha value is -0.980. The van der Waals surface area contributed by atoms with Gasteiger partial charge in [0.2, 0.25) is 0 Å². The fourth-order valence-electron chi connectivity index (χ4n) is 2.10. The minimum absolute atomic E-state index is 0. The summed E-state index contributed by atoms with van der Waals surface area (Å²) >= 11 is 0. The van der Waals surface area contributed by atoms with Gasteiger partial charge in [-0.05, 0) is 31.2 Å². The molecule has 20 heavy (non-hydrogen) atoms. The maximum Gasteiger partial charge on any atom is 0.416 e. The Morgan fingerprint density at radius 1 is 1.25 bits per heavy atom. The molecule has 1 fully saturated rings. The van der Waals surface area contributed by atoms with E-state index in [1.807, 2.05) is 0 Å². The standard InChI is InChI=1S/C13H16F3NO2.ClH/c1-18-12-8-17-6-5-11(12)19-10-4-2-3-9(7-10)13(14,15)16;/h2-4,7,11-12,17H,5-6,8H2,1H3;1H/t11-,12-;/m1./s1. The molecule has 2 atom stereocenters. The van der Waals surface area contributed by atoms with Crippen molar-refractivity contribution in [2.75, 3.05) is 20.2 Å². The quantitative estimate of drug-likeness (QED) is 0.931. The molecule has 1 saturated heterocycles. The zero-order chi connectivity index (χ0) is 13.9. The zero-order valence-corrected chi connectivity index (χ0v) is 11.8. The first kappa shape index (κ1) is 17.1. The van der Waals surface area contributed by atoms with Gasteiger partial charge in [0.15, 0.2) is 0 Å². The molecule has 2 rings (SSSR count). The van der Waals surface area contributed by atoms with Gasteiger partial charge in [0.25, 0.3) is 0 Å². The number of hydrogen-bond acceptors (Lipinski definition) is 3. The Kier molecular flexibility index (Phi) is 6.10. The first-order valence-electron chi connectivity index (χ1n) is 6.08. The van der Waals surface area contributed by atoms with Gasteiger partial charge >= 0.3 is 6.18 Å². The lowest BCUT2D eigenvalue weighted by Crippen LogP contribution is -2.47. The fourth-order valence-corrected chi connectivity index (χ4v) is 2.10. The number of ether oxygens (including phenoxy) is 2. The van der Waals surface area contributed by atoms with Crippen LogP contribution in [0, 0.1) is 0 Å². The summed E-state index contributed by atoms with van der Waals surface area (Å²) in [5, 5.41) is 3.15. The van der Waals surface area contributed by atoms with Crippen molar-refractivity contribution in [3.8, 4) is 5.75 Å². The number of nitrogens with one attached hydrogen (secondary N) is 1. The highest BCUT2D eigenvalue weighted by atomic mass is 35.5. The van der Waals surface area contributed by atoms with Crippen LogP contribution in [0.15, 0.2) is 24.3 Å². The smallest absolute Gasteiger partial charge is 0.416 e. The minimum Gasteiger partial charge on any atom is -0.488 e. The van der Waals surface area contributed by atoms with Crippen molar-refractivity contribution in [1.29, 1.82) is 0 Å². The van der Waals surface area contributed by atoms with Crippen LogP contribution in [-0.4, -0.2) is 32.4 Å². The predicted octanol–water partition coefficient (Wildman–Crippen LogP) is 2.88. The van der Waals surface area contributed by atoms with Crippen LogP contribution in [0.25, 0.3) is 0 Å². The van der Waals surface area contributed by atoms with Crippen molar-refractivity contribution in [2.45, 2.75) is 24.8 Å². The molecule has 1 aliphatic heterocycles. The molecular weight excluding hydrogens is 295 g/mol. The molecule has 3 nitrogen and oxygen atoms in total. The molecule has 0 radical (unpaired) electrons. The SMILES string of the molecule is CO[C@@H]1CNCC[C@H]1Oc1cccc(C(F)(F)F)c1.Cl. The Bertz CT molecular complexity index is 428. The van der Waals surface area contributed by atoms with Crippen LogP contribution in [0.1, 0.15) is 12.0 Å². The van der Waals surface area contributed by atoms with Crippen LogP contribution in [0.3, 0.4) is 0 Å². The third kappa shape index (κ3) is 4.26. The summed E-state index contributed by atoms with van der Waals surface area (Å²) in [5.74, 6) is 0.226. The van der Waals surface area contributed by atoms with Crippen molar-refractivity contribution in [2.24, 2.45) is 0 Å². The van der Waals surface area contributed by atoms with Gasteiger partial charge in [0, 0.05) is 13.7 Å². The Labute approximate surface area is 121 Å². The molecule has 0 amide bonds. The Balaban J connectivity index is 0.00000200. The molecule has 1 aliphatic rings. The molecule has 1 aromatic carbocycles. The second kappa shape index (κ2) is 7.15. The number of rotatable bonds is 3. The van der Waals surface area contributed by atoms with Gasteiger partial charge in [-0.2, -0.15) is 13.2 Å². The van der Waals surface area contributed by atoms with Crippen molar-refractivity contribution in [1.82, 2.24) is 5.32 Å². The van der Waals surface area contributed by atoms with Gasteiger partial charge in [-0.15, -0.1) is 12.4 Å². The van der Waals surface area contributed by atoms with Crippen LogP contribution in [0.5, 0.6) is 5.75 Å². The van der Waals surface area contributed by atoms with E-state index in [1.54, 1.807) is 7.11 Å². The van der Waals surface area contributed by atoms with Crippen molar-refractivity contribution >= 4 is 12.4 Å². The second-order valence-corrected chi connectivity index (χ2v) is 4.45. The largest absolute Gasteiger partial charge is 0.488 e. The molecule has 1 heterocycles. The molecule has 0 spiro atoms. The van der Waals surface area contributed by atoms with Gasteiger partial charge in [-0.3, -0.25) is 0 Å². The van der Waals surface area contributed by atoms with Crippen LogP contribution < -0.4 is 10.1 Å². The van der Waals surface area contributed by atoms with E-state index in [9.17, 15) is 13.2 Å². The normalized spacial score (nSPS) is 23.0. The van der Waals surface area contributed by atoms with Gasteiger partial charge in [0.05, 0.1) is 5.56 Å². The third-order valence-electron chi connectivity index (χ3n) is 3.12. The van der Waals surface area contributed by atoms with E-state index in [4.69, 9.17) is 9.47 Å². The van der Waals surface area contributed by atoms with E-state index in [0.29, 0.717) is 13.0 Å². The predicted molar refractivity (Wildman–Crippen MR) is 71.4 cm³/mol. The molecule has 0 unspecified atom stereocenters. The zero-order valence-electron chi connectivity index (χ0n) is 10.9. The number of halogens is 4. The Morgan fingerprint density at radius 3 is 2.65 bits per heavy atom. The monoisotopic (exact) mass is 311 g/mol. The highest BCUT2D eigenvalue weighted by Crippen LogP contribution is 2.31. The number of benzene rings is 1.